The van der Waals surface area contributed by atoms with Crippen molar-refractivity contribution in [2.24, 2.45) is 5.92 Å². The Labute approximate surface area is 105 Å². The summed E-state index contributed by atoms with van der Waals surface area (Å²) < 4.78 is 1.22. The molecule has 0 spiro atoms. The lowest BCUT2D eigenvalue weighted by Gasteiger charge is -2.26. The zero-order valence-corrected chi connectivity index (χ0v) is 11.8. The first kappa shape index (κ1) is 11.6. The number of hydrogen-bond donors (Lipinski definition) is 0. The van der Waals surface area contributed by atoms with E-state index in [4.69, 9.17) is 0 Å². The maximum Gasteiger partial charge on any atom is 0.0331 e. The third kappa shape index (κ3) is 2.83. The van der Waals surface area contributed by atoms with Crippen molar-refractivity contribution in [1.82, 2.24) is 4.90 Å². The van der Waals surface area contributed by atoms with Crippen molar-refractivity contribution in [3.8, 4) is 0 Å². The fourth-order valence-electron chi connectivity index (χ4n) is 2.44. The molecule has 1 aromatic rings. The van der Waals surface area contributed by atoms with Crippen molar-refractivity contribution in [3.05, 3.63) is 20.8 Å². The normalized spacial score (nSPS) is 22.8. The summed E-state index contributed by atoms with van der Waals surface area (Å²) in [5.41, 5.74) is 0. The molecule has 1 aliphatic heterocycles. The molecule has 0 aromatic carbocycles. The quantitative estimate of drug-likeness (QED) is 0.808. The van der Waals surface area contributed by atoms with E-state index >= 15 is 0 Å². The highest BCUT2D eigenvalue weighted by Gasteiger charge is 2.26. The summed E-state index contributed by atoms with van der Waals surface area (Å²) >= 11 is 5.38. The van der Waals surface area contributed by atoms with Gasteiger partial charge in [0.1, 0.15) is 0 Å². The summed E-state index contributed by atoms with van der Waals surface area (Å²) in [6.07, 6.45) is 2.75. The maximum absolute atomic E-state index is 3.52. The van der Waals surface area contributed by atoms with E-state index in [1.54, 1.807) is 0 Å². The molecule has 0 saturated carbocycles. The summed E-state index contributed by atoms with van der Waals surface area (Å²) in [4.78, 5) is 4.12. The number of likely N-dealkylation sites (tertiary alicyclic amines) is 1. The Hall–Kier alpha value is 0.140. The largest absolute Gasteiger partial charge is 0.295 e. The van der Waals surface area contributed by atoms with Crippen molar-refractivity contribution < 1.29 is 0 Å². The van der Waals surface area contributed by atoms with Crippen LogP contribution in [0.25, 0.3) is 0 Å². The van der Waals surface area contributed by atoms with Gasteiger partial charge in [0.15, 0.2) is 0 Å². The van der Waals surface area contributed by atoms with Gasteiger partial charge in [-0.1, -0.05) is 13.8 Å². The molecular weight excluding hydrogens is 270 g/mol. The molecule has 0 N–H and O–H groups in total. The van der Waals surface area contributed by atoms with Gasteiger partial charge >= 0.3 is 0 Å². The van der Waals surface area contributed by atoms with Crippen LogP contribution in [0.4, 0.5) is 0 Å². The molecular formula is C12H18BrNS. The minimum absolute atomic E-state index is 0.788. The topological polar surface area (TPSA) is 3.24 Å². The highest BCUT2D eigenvalue weighted by atomic mass is 79.9. The van der Waals surface area contributed by atoms with Gasteiger partial charge in [0.25, 0.3) is 0 Å². The van der Waals surface area contributed by atoms with Gasteiger partial charge in [-0.2, -0.15) is 0 Å². The van der Waals surface area contributed by atoms with Crippen LogP contribution in [0.5, 0.6) is 0 Å². The summed E-state index contributed by atoms with van der Waals surface area (Å²) in [5, 5.41) is 2.18. The van der Waals surface area contributed by atoms with E-state index in [1.807, 2.05) is 11.3 Å². The molecule has 0 aliphatic carbocycles. The number of halogens is 1. The van der Waals surface area contributed by atoms with Crippen molar-refractivity contribution in [2.75, 3.05) is 6.54 Å². The smallest absolute Gasteiger partial charge is 0.0331 e. The standard InChI is InChI=1S/C12H18BrNS/c1-9(2)12-4-3-5-14(12)7-11-6-10(13)8-15-11/h6,8-9,12H,3-5,7H2,1-2H3. The van der Waals surface area contributed by atoms with Crippen molar-refractivity contribution in [2.45, 2.75) is 39.3 Å². The maximum atomic E-state index is 3.52. The number of thiophene rings is 1. The molecule has 0 radical (unpaired) electrons. The van der Waals surface area contributed by atoms with E-state index in [9.17, 15) is 0 Å². The fourth-order valence-corrected chi connectivity index (χ4v) is 3.92. The second kappa shape index (κ2) is 4.98. The first-order valence-corrected chi connectivity index (χ1v) is 7.31. The average Bonchev–Trinajstić information content (AvgIpc) is 2.75. The van der Waals surface area contributed by atoms with E-state index in [1.165, 1.54) is 28.7 Å². The number of rotatable bonds is 3. The second-order valence-electron chi connectivity index (χ2n) is 4.66. The van der Waals surface area contributed by atoms with Crippen molar-refractivity contribution in [1.29, 1.82) is 0 Å². The van der Waals surface area contributed by atoms with Crippen LogP contribution in [0, 0.1) is 5.92 Å². The first-order chi connectivity index (χ1) is 7.16. The van der Waals surface area contributed by atoms with Crippen molar-refractivity contribution >= 4 is 27.3 Å². The molecule has 15 heavy (non-hydrogen) atoms. The monoisotopic (exact) mass is 287 g/mol. The van der Waals surface area contributed by atoms with E-state index in [2.05, 4.69) is 46.1 Å². The minimum atomic E-state index is 0.788. The summed E-state index contributed by atoms with van der Waals surface area (Å²) in [5.74, 6) is 0.788. The van der Waals surface area contributed by atoms with Crippen molar-refractivity contribution in [3.63, 3.8) is 0 Å². The van der Waals surface area contributed by atoms with Gasteiger partial charge in [-0.25, -0.2) is 0 Å². The molecule has 1 atom stereocenters. The van der Waals surface area contributed by atoms with Gasteiger partial charge in [-0.3, -0.25) is 4.90 Å². The van der Waals surface area contributed by atoms with E-state index < -0.39 is 0 Å². The lowest BCUT2D eigenvalue weighted by atomic mass is 10.0. The van der Waals surface area contributed by atoms with Gasteiger partial charge in [-0.15, -0.1) is 11.3 Å². The molecule has 0 amide bonds. The second-order valence-corrected chi connectivity index (χ2v) is 6.57. The Balaban J connectivity index is 1.99. The first-order valence-electron chi connectivity index (χ1n) is 5.64. The van der Waals surface area contributed by atoms with Gasteiger partial charge in [0.2, 0.25) is 0 Å². The lowest BCUT2D eigenvalue weighted by molar-refractivity contribution is 0.200. The molecule has 2 heterocycles. The molecule has 1 aromatic heterocycles. The molecule has 0 bridgehead atoms. The predicted molar refractivity (Wildman–Crippen MR) is 70.3 cm³/mol. The van der Waals surface area contributed by atoms with E-state index in [0.29, 0.717) is 0 Å². The molecule has 1 nitrogen and oxygen atoms in total. The van der Waals surface area contributed by atoms with Gasteiger partial charge in [0.05, 0.1) is 0 Å². The molecule has 2 rings (SSSR count). The predicted octanol–water partition coefficient (Wildman–Crippen LogP) is 4.13. The molecule has 84 valence electrons. The Kier molecular flexibility index (Phi) is 3.86. The van der Waals surface area contributed by atoms with Crippen LogP contribution in [-0.4, -0.2) is 17.5 Å². The number of nitrogens with zero attached hydrogens (tertiary/aromatic N) is 1. The Morgan fingerprint density at radius 2 is 2.40 bits per heavy atom. The summed E-state index contributed by atoms with van der Waals surface area (Å²) in [6, 6.07) is 3.05. The summed E-state index contributed by atoms with van der Waals surface area (Å²) in [7, 11) is 0. The zero-order chi connectivity index (χ0) is 10.8. The van der Waals surface area contributed by atoms with Crippen LogP contribution in [0.15, 0.2) is 15.9 Å². The SMILES string of the molecule is CC(C)C1CCCN1Cc1cc(Br)cs1. The molecule has 1 saturated heterocycles. The van der Waals surface area contributed by atoms with Gasteiger partial charge in [0, 0.05) is 27.3 Å². The zero-order valence-electron chi connectivity index (χ0n) is 9.37. The summed E-state index contributed by atoms with van der Waals surface area (Å²) in [6.45, 7) is 7.10. The minimum Gasteiger partial charge on any atom is -0.295 e. The Morgan fingerprint density at radius 3 is 3.00 bits per heavy atom. The van der Waals surface area contributed by atoms with Crippen LogP contribution in [0.3, 0.4) is 0 Å². The van der Waals surface area contributed by atoms with E-state index in [0.717, 1.165) is 18.5 Å². The fraction of sp³-hybridized carbons (Fsp3) is 0.667. The van der Waals surface area contributed by atoms with Crippen LogP contribution >= 0.6 is 27.3 Å². The third-order valence-corrected chi connectivity index (χ3v) is 4.85. The molecule has 1 aliphatic rings. The van der Waals surface area contributed by atoms with Crippen LogP contribution in [0.1, 0.15) is 31.6 Å². The highest BCUT2D eigenvalue weighted by molar-refractivity contribution is 9.10. The Bertz CT molecular complexity index is 321. The molecule has 3 heteroatoms. The van der Waals surface area contributed by atoms with E-state index in [-0.39, 0.29) is 0 Å². The third-order valence-electron chi connectivity index (χ3n) is 3.16. The van der Waals surface area contributed by atoms with Crippen LogP contribution in [0.2, 0.25) is 0 Å². The lowest BCUT2D eigenvalue weighted by Crippen LogP contribution is -2.32. The highest BCUT2D eigenvalue weighted by Crippen LogP contribution is 2.28. The van der Waals surface area contributed by atoms with Gasteiger partial charge < -0.3 is 0 Å². The van der Waals surface area contributed by atoms with Gasteiger partial charge in [-0.05, 0) is 47.3 Å². The Morgan fingerprint density at radius 1 is 1.60 bits per heavy atom. The molecule has 1 unspecified atom stereocenters. The molecule has 1 fully saturated rings. The number of hydrogen-bond acceptors (Lipinski definition) is 2. The average molecular weight is 288 g/mol. The van der Waals surface area contributed by atoms with Crippen LogP contribution in [-0.2, 0) is 6.54 Å². The van der Waals surface area contributed by atoms with Crippen LogP contribution < -0.4 is 0 Å².